The number of imide groups is 1. The van der Waals surface area contributed by atoms with Gasteiger partial charge in [-0.05, 0) is 55.3 Å². The Labute approximate surface area is 133 Å². The average molecular weight is 312 g/mol. The molecule has 1 N–H and O–H groups in total. The molecule has 0 saturated carbocycles. The second-order valence-electron chi connectivity index (χ2n) is 5.76. The summed E-state index contributed by atoms with van der Waals surface area (Å²) in [6, 6.07) is 10.7. The van der Waals surface area contributed by atoms with Crippen LogP contribution >= 0.6 is 0 Å². The molecule has 118 valence electrons. The van der Waals surface area contributed by atoms with Crippen LogP contribution in [0.5, 0.6) is 0 Å². The minimum Gasteiger partial charge on any atom is -0.373 e. The van der Waals surface area contributed by atoms with Crippen molar-refractivity contribution in [3.63, 3.8) is 0 Å². The molecule has 1 aliphatic heterocycles. The molecule has 0 aliphatic carbocycles. The highest BCUT2D eigenvalue weighted by atomic mass is 19.1. The van der Waals surface area contributed by atoms with Gasteiger partial charge in [0.05, 0.1) is 12.1 Å². The van der Waals surface area contributed by atoms with Gasteiger partial charge in [-0.3, -0.25) is 9.59 Å². The Morgan fingerprint density at radius 1 is 1.09 bits per heavy atom. The second-order valence-corrected chi connectivity index (χ2v) is 5.76. The first-order valence-corrected chi connectivity index (χ1v) is 7.42. The Morgan fingerprint density at radius 3 is 2.48 bits per heavy atom. The summed E-state index contributed by atoms with van der Waals surface area (Å²) in [5.41, 5.74) is 3.32. The molecule has 0 radical (unpaired) electrons. The van der Waals surface area contributed by atoms with Crippen molar-refractivity contribution in [1.29, 1.82) is 0 Å². The van der Waals surface area contributed by atoms with E-state index in [0.29, 0.717) is 5.69 Å². The third-order valence-corrected chi connectivity index (χ3v) is 3.95. The van der Waals surface area contributed by atoms with Crippen LogP contribution in [0.1, 0.15) is 17.5 Å². The summed E-state index contributed by atoms with van der Waals surface area (Å²) < 4.78 is 13.0. The lowest BCUT2D eigenvalue weighted by Crippen LogP contribution is -2.34. The first-order valence-electron chi connectivity index (χ1n) is 7.42. The smallest absolute Gasteiger partial charge is 0.256 e. The van der Waals surface area contributed by atoms with Crippen LogP contribution in [-0.2, 0) is 9.59 Å². The topological polar surface area (TPSA) is 49.4 Å². The fourth-order valence-corrected chi connectivity index (χ4v) is 2.69. The molecule has 0 aromatic heterocycles. The standard InChI is InChI=1S/C18H17FN2O2/c1-11-3-4-12(2)15(9-11)20-16-10-17(22)21(18(16)23)14-7-5-13(19)6-8-14/h3-9,16,20H,10H2,1-2H3/t16-/m1/s1. The van der Waals surface area contributed by atoms with E-state index in [0.717, 1.165) is 21.7 Å². The molecule has 2 amide bonds. The van der Waals surface area contributed by atoms with Gasteiger partial charge in [-0.15, -0.1) is 0 Å². The molecule has 1 fully saturated rings. The van der Waals surface area contributed by atoms with Crippen LogP contribution in [0.2, 0.25) is 0 Å². The monoisotopic (exact) mass is 312 g/mol. The SMILES string of the molecule is Cc1ccc(C)c(N[C@@H]2CC(=O)N(c3ccc(F)cc3)C2=O)c1. The van der Waals surface area contributed by atoms with Crippen LogP contribution < -0.4 is 10.2 Å². The number of carbonyl (C=O) groups excluding carboxylic acids is 2. The summed E-state index contributed by atoms with van der Waals surface area (Å²) in [5, 5.41) is 3.16. The zero-order valence-electron chi connectivity index (χ0n) is 13.0. The summed E-state index contributed by atoms with van der Waals surface area (Å²) in [6.07, 6.45) is 0.0869. The minimum absolute atomic E-state index is 0.0869. The van der Waals surface area contributed by atoms with Crippen molar-refractivity contribution < 1.29 is 14.0 Å². The molecule has 2 aromatic carbocycles. The van der Waals surface area contributed by atoms with Crippen LogP contribution in [0.15, 0.2) is 42.5 Å². The second kappa shape index (κ2) is 5.83. The van der Waals surface area contributed by atoms with Gasteiger partial charge in [0.25, 0.3) is 5.91 Å². The van der Waals surface area contributed by atoms with Gasteiger partial charge < -0.3 is 5.32 Å². The molecule has 1 saturated heterocycles. The molecule has 0 bridgehead atoms. The van der Waals surface area contributed by atoms with E-state index in [1.807, 2.05) is 32.0 Å². The van der Waals surface area contributed by atoms with Crippen LogP contribution in [0, 0.1) is 19.7 Å². The largest absolute Gasteiger partial charge is 0.373 e. The van der Waals surface area contributed by atoms with Gasteiger partial charge in [-0.1, -0.05) is 12.1 Å². The number of nitrogens with one attached hydrogen (secondary N) is 1. The van der Waals surface area contributed by atoms with E-state index in [1.54, 1.807) is 0 Å². The van der Waals surface area contributed by atoms with Gasteiger partial charge in [0, 0.05) is 5.69 Å². The van der Waals surface area contributed by atoms with Crippen molar-refractivity contribution in [2.24, 2.45) is 0 Å². The Balaban J connectivity index is 1.83. The Bertz CT molecular complexity index is 771. The summed E-state index contributed by atoms with van der Waals surface area (Å²) in [6.45, 7) is 3.91. The summed E-state index contributed by atoms with van der Waals surface area (Å²) in [4.78, 5) is 25.9. The Hall–Kier alpha value is -2.69. The Kier molecular flexibility index (Phi) is 3.86. The molecule has 4 nitrogen and oxygen atoms in total. The molecule has 23 heavy (non-hydrogen) atoms. The van der Waals surface area contributed by atoms with Crippen LogP contribution in [0.4, 0.5) is 15.8 Å². The van der Waals surface area contributed by atoms with E-state index in [-0.39, 0.29) is 18.2 Å². The maximum atomic E-state index is 13.0. The third-order valence-electron chi connectivity index (χ3n) is 3.95. The van der Waals surface area contributed by atoms with Crippen LogP contribution in [-0.4, -0.2) is 17.9 Å². The predicted octanol–water partition coefficient (Wildman–Crippen LogP) is 3.19. The Morgan fingerprint density at radius 2 is 1.78 bits per heavy atom. The van der Waals surface area contributed by atoms with E-state index >= 15 is 0 Å². The number of amides is 2. The van der Waals surface area contributed by atoms with Crippen molar-refractivity contribution in [1.82, 2.24) is 0 Å². The molecule has 2 aromatic rings. The highest BCUT2D eigenvalue weighted by Crippen LogP contribution is 2.26. The predicted molar refractivity (Wildman–Crippen MR) is 86.8 cm³/mol. The number of rotatable bonds is 3. The molecule has 1 aliphatic rings. The van der Waals surface area contributed by atoms with Gasteiger partial charge in [0.2, 0.25) is 5.91 Å². The van der Waals surface area contributed by atoms with E-state index in [4.69, 9.17) is 0 Å². The maximum absolute atomic E-state index is 13.0. The molecule has 0 spiro atoms. The summed E-state index contributed by atoms with van der Waals surface area (Å²) >= 11 is 0. The van der Waals surface area contributed by atoms with Crippen molar-refractivity contribution >= 4 is 23.2 Å². The lowest BCUT2D eigenvalue weighted by Gasteiger charge is -2.17. The zero-order valence-corrected chi connectivity index (χ0v) is 13.0. The molecule has 5 heteroatoms. The van der Waals surface area contributed by atoms with E-state index < -0.39 is 11.9 Å². The van der Waals surface area contributed by atoms with E-state index in [1.165, 1.54) is 24.3 Å². The third kappa shape index (κ3) is 2.95. The van der Waals surface area contributed by atoms with Gasteiger partial charge in [-0.25, -0.2) is 9.29 Å². The number of benzene rings is 2. The highest BCUT2D eigenvalue weighted by molar-refractivity contribution is 6.23. The van der Waals surface area contributed by atoms with Crippen LogP contribution in [0.25, 0.3) is 0 Å². The van der Waals surface area contributed by atoms with Gasteiger partial charge in [-0.2, -0.15) is 0 Å². The number of hydrogen-bond donors (Lipinski definition) is 1. The summed E-state index contributed by atoms with van der Waals surface area (Å²) in [7, 11) is 0. The molecule has 0 unspecified atom stereocenters. The van der Waals surface area contributed by atoms with Crippen molar-refractivity contribution in [2.45, 2.75) is 26.3 Å². The fourth-order valence-electron chi connectivity index (χ4n) is 2.69. The number of hydrogen-bond acceptors (Lipinski definition) is 3. The molecular weight excluding hydrogens is 295 g/mol. The molecule has 3 rings (SSSR count). The molecular formula is C18H17FN2O2. The quantitative estimate of drug-likeness (QED) is 0.886. The van der Waals surface area contributed by atoms with Crippen molar-refractivity contribution in [3.05, 3.63) is 59.4 Å². The number of aryl methyl sites for hydroxylation is 2. The maximum Gasteiger partial charge on any atom is 0.256 e. The lowest BCUT2D eigenvalue weighted by molar-refractivity contribution is -0.121. The van der Waals surface area contributed by atoms with Gasteiger partial charge in [0.1, 0.15) is 11.9 Å². The number of carbonyl (C=O) groups is 2. The average Bonchev–Trinajstić information content (AvgIpc) is 2.79. The number of anilines is 2. The van der Waals surface area contributed by atoms with Crippen LogP contribution in [0.3, 0.4) is 0 Å². The number of halogens is 1. The van der Waals surface area contributed by atoms with Gasteiger partial charge in [0.15, 0.2) is 0 Å². The van der Waals surface area contributed by atoms with Gasteiger partial charge >= 0.3 is 0 Å². The number of nitrogens with zero attached hydrogens (tertiary/aromatic N) is 1. The minimum atomic E-state index is -0.604. The van der Waals surface area contributed by atoms with Crippen molar-refractivity contribution in [2.75, 3.05) is 10.2 Å². The van der Waals surface area contributed by atoms with Crippen molar-refractivity contribution in [3.8, 4) is 0 Å². The van der Waals surface area contributed by atoms with E-state index in [2.05, 4.69) is 5.32 Å². The lowest BCUT2D eigenvalue weighted by atomic mass is 10.1. The fraction of sp³-hybridized carbons (Fsp3) is 0.222. The normalized spacial score (nSPS) is 17.7. The first-order chi connectivity index (χ1) is 11.0. The first kappa shape index (κ1) is 15.2. The summed E-state index contributed by atoms with van der Waals surface area (Å²) in [5.74, 6) is -1.01. The molecule has 1 atom stereocenters. The zero-order chi connectivity index (χ0) is 16.6. The highest BCUT2D eigenvalue weighted by Gasteiger charge is 2.39. The molecule has 1 heterocycles. The van der Waals surface area contributed by atoms with E-state index in [9.17, 15) is 14.0 Å².